The summed E-state index contributed by atoms with van der Waals surface area (Å²) >= 11 is 0. The molecule has 0 saturated carbocycles. The number of hydrogen-bond acceptors (Lipinski definition) is 8. The second-order valence-electron chi connectivity index (χ2n) is 14.8. The summed E-state index contributed by atoms with van der Waals surface area (Å²) in [4.78, 5) is 52.9. The average molecular weight is 780 g/mol. The molecule has 0 radical (unpaired) electrons. The lowest BCUT2D eigenvalue weighted by molar-refractivity contribution is -0.144. The van der Waals surface area contributed by atoms with E-state index in [0.29, 0.717) is 38.1 Å². The molecule has 0 bridgehead atoms. The summed E-state index contributed by atoms with van der Waals surface area (Å²) in [6.45, 7) is 12.0. The van der Waals surface area contributed by atoms with Crippen LogP contribution in [0, 0.1) is 5.92 Å². The van der Waals surface area contributed by atoms with Crippen LogP contribution in [0.4, 0.5) is 0 Å². The minimum atomic E-state index is -0.593. The lowest BCUT2D eigenvalue weighted by atomic mass is 9.98. The first-order valence-electron chi connectivity index (χ1n) is 20.6. The number of carbonyl (C=O) groups excluding carboxylic acids is 2. The van der Waals surface area contributed by atoms with Crippen LogP contribution in [0.5, 0.6) is 0 Å². The maximum atomic E-state index is 12.8. The van der Waals surface area contributed by atoms with Crippen LogP contribution in [-0.2, 0) is 19.1 Å². The van der Waals surface area contributed by atoms with E-state index < -0.39 is 25.5 Å². The zero-order valence-electron chi connectivity index (χ0n) is 35.3. The molecule has 2 aromatic carbocycles. The van der Waals surface area contributed by atoms with E-state index in [-0.39, 0.29) is 42.3 Å². The predicted octanol–water partition coefficient (Wildman–Crippen LogP) is 7.04. The van der Waals surface area contributed by atoms with E-state index >= 15 is 0 Å². The Balaban J connectivity index is 0.00000232. The van der Waals surface area contributed by atoms with Crippen molar-refractivity contribution in [3.63, 3.8) is 0 Å². The molecule has 1 aliphatic heterocycles. The first-order valence-corrected chi connectivity index (χ1v) is 21.4. The fourth-order valence-electron chi connectivity index (χ4n) is 7.85. The second-order valence-corrected chi connectivity index (χ2v) is 17.0. The van der Waals surface area contributed by atoms with Crippen molar-refractivity contribution in [3.05, 3.63) is 98.3 Å². The number of nitrogens with one attached hydrogen (secondary N) is 2. The van der Waals surface area contributed by atoms with Gasteiger partial charge in [-0.1, -0.05) is 67.8 Å². The number of nitrogens with zero attached hydrogens (tertiary/aromatic N) is 2. The van der Waals surface area contributed by atoms with Gasteiger partial charge < -0.3 is 19.9 Å². The van der Waals surface area contributed by atoms with Gasteiger partial charge in [0.05, 0.1) is 11.7 Å². The number of H-pyrrole nitrogens is 1. The Bertz CT molecular complexity index is 1850. The van der Waals surface area contributed by atoms with Crippen molar-refractivity contribution in [1.82, 2.24) is 19.5 Å². The third-order valence-corrected chi connectivity index (χ3v) is 13.0. The standard InChI is InChI=1S/C42H57N4O6P.CH4O/c1-28(2)46(29(3)4)53(6)27-32-24-39(52-30(32)5)45-25-31(41(49)44-42(45)50)21-22-38(47)43-23-15-9-7-8-10-20-40(48)51-26-37-35-18-13-11-16-33(35)34-17-12-14-19-36(34)37;1-2/h11-14,16-19,21-22,25,28-30,32,37,39H,7-10,15,20,23-24,26-27H2,1-6H3,(H,43,47)(H,44,49,50);2H,1H3/b22-21+;/t30-,32?,39-,53?;/m1./s1/i5D;2T. The second kappa shape index (κ2) is 21.4. The van der Waals surface area contributed by atoms with E-state index in [9.17, 15) is 19.2 Å². The van der Waals surface area contributed by atoms with Crippen LogP contribution in [0.1, 0.15) is 110 Å². The van der Waals surface area contributed by atoms with Crippen LogP contribution in [0.25, 0.3) is 17.2 Å². The highest BCUT2D eigenvalue weighted by atomic mass is 31.1. The molecule has 11 nitrogen and oxygen atoms in total. The summed E-state index contributed by atoms with van der Waals surface area (Å²) in [6.07, 6.45) is 9.44. The number of aliphatic hydroxyl groups is 1. The Labute approximate surface area is 330 Å². The fourth-order valence-corrected chi connectivity index (χ4v) is 10.7. The van der Waals surface area contributed by atoms with E-state index in [4.69, 9.17) is 12.3 Å². The Kier molecular flexibility index (Phi) is 15.9. The smallest absolute Gasteiger partial charge is 0.330 e. The van der Waals surface area contributed by atoms with Gasteiger partial charge in [-0.15, -0.1) is 0 Å². The Morgan fingerprint density at radius 3 is 2.33 bits per heavy atom. The molecule has 300 valence electrons. The van der Waals surface area contributed by atoms with E-state index in [1.165, 1.54) is 52.3 Å². The van der Waals surface area contributed by atoms with Crippen molar-refractivity contribution >= 4 is 26.0 Å². The average Bonchev–Trinajstić information content (AvgIpc) is 3.72. The summed E-state index contributed by atoms with van der Waals surface area (Å²) in [5.74, 6) is -0.318. The number of fused-ring (bicyclic) bond motifs is 3. The highest BCUT2D eigenvalue weighted by Gasteiger charge is 2.36. The zero-order chi connectivity index (χ0) is 41.5. The summed E-state index contributed by atoms with van der Waals surface area (Å²) < 4.78 is 29.6. The number of unbranched alkanes of at least 4 members (excludes halogenated alkanes) is 4. The Morgan fingerprint density at radius 2 is 1.69 bits per heavy atom. The monoisotopic (exact) mass is 779 g/mol. The van der Waals surface area contributed by atoms with Crippen LogP contribution < -0.4 is 16.6 Å². The van der Waals surface area contributed by atoms with Crippen molar-refractivity contribution in [3.8, 4) is 11.1 Å². The van der Waals surface area contributed by atoms with Crippen LogP contribution >= 0.6 is 8.07 Å². The van der Waals surface area contributed by atoms with Gasteiger partial charge >= 0.3 is 11.7 Å². The summed E-state index contributed by atoms with van der Waals surface area (Å²) in [5.41, 5.74) is 3.87. The van der Waals surface area contributed by atoms with E-state index in [1.807, 2.05) is 24.3 Å². The van der Waals surface area contributed by atoms with Crippen LogP contribution in [0.3, 0.4) is 0 Å². The number of rotatable bonds is 18. The molecule has 2 aliphatic rings. The van der Waals surface area contributed by atoms with Gasteiger partial charge in [0.15, 0.2) is 0 Å². The number of carbonyl (C=O) groups is 2. The largest absolute Gasteiger partial charge is 0.465 e. The van der Waals surface area contributed by atoms with Gasteiger partial charge in [-0.05, 0) is 109 Å². The number of amides is 1. The molecule has 55 heavy (non-hydrogen) atoms. The van der Waals surface area contributed by atoms with Gasteiger partial charge in [-0.2, -0.15) is 0 Å². The number of hydrogen-bond donors (Lipinski definition) is 3. The Morgan fingerprint density at radius 1 is 1.07 bits per heavy atom. The first-order chi connectivity index (χ1) is 27.4. The van der Waals surface area contributed by atoms with E-state index in [0.717, 1.165) is 38.3 Å². The molecule has 4 atom stereocenters. The van der Waals surface area contributed by atoms with Crippen LogP contribution in [0.15, 0.2) is 70.4 Å². The number of esters is 1. The topological polar surface area (TPSA) is 143 Å². The lowest BCUT2D eigenvalue weighted by Gasteiger charge is -2.37. The third kappa shape index (κ3) is 11.8. The number of benzene rings is 2. The molecule has 2 unspecified atom stereocenters. The van der Waals surface area contributed by atoms with Gasteiger partial charge in [0.1, 0.15) is 12.8 Å². The minimum absolute atomic E-state index is 0.0646. The molecular formula is C43H61N4O7P. The fraction of sp³-hybridized carbons (Fsp3) is 0.535. The number of aromatic amines is 1. The molecule has 1 saturated heterocycles. The molecule has 0 spiro atoms. The molecule has 1 aliphatic carbocycles. The maximum absolute atomic E-state index is 12.8. The lowest BCUT2D eigenvalue weighted by Crippen LogP contribution is -2.34. The Hall–Kier alpha value is -3.89. The van der Waals surface area contributed by atoms with Crippen molar-refractivity contribution in [2.45, 2.75) is 110 Å². The summed E-state index contributed by atoms with van der Waals surface area (Å²) in [6, 6.07) is 17.4. The molecule has 2 heterocycles. The predicted molar refractivity (Wildman–Crippen MR) is 221 cm³/mol. The molecule has 3 aromatic rings. The van der Waals surface area contributed by atoms with Crippen LogP contribution in [0.2, 0.25) is 0 Å². The SMILES string of the molecule is [2H]C[C@H]1O[C@@H](n2cc(/C=C/C(=O)NCCCCCCCC(=O)OCC3c4ccccc4-c4ccccc43)c(=O)[nH]c2=O)CC1CP(C)N(C(C)C)C(C)C.[3H]OC. The van der Waals surface area contributed by atoms with Gasteiger partial charge in [0.2, 0.25) is 7.34 Å². The third-order valence-electron chi connectivity index (χ3n) is 10.3. The molecule has 3 N–H and O–H groups in total. The highest BCUT2D eigenvalue weighted by Crippen LogP contribution is 2.47. The van der Waals surface area contributed by atoms with Crippen molar-refractivity contribution in [2.24, 2.45) is 5.92 Å². The highest BCUT2D eigenvalue weighted by molar-refractivity contribution is 7.54. The van der Waals surface area contributed by atoms with Crippen molar-refractivity contribution in [2.75, 3.05) is 33.1 Å². The molecule has 1 amide bonds. The summed E-state index contributed by atoms with van der Waals surface area (Å²) in [7, 11) is 0.829. The molecule has 5 rings (SSSR count). The van der Waals surface area contributed by atoms with E-state index in [1.54, 1.807) is 0 Å². The first kappa shape index (κ1) is 40.8. The number of aliphatic hydroxyl groups excluding tert-OH is 1. The quantitative estimate of drug-likeness (QED) is 0.0541. The number of ether oxygens (including phenoxy) is 2. The van der Waals surface area contributed by atoms with E-state index in [2.05, 4.69) is 78.7 Å². The zero-order valence-corrected chi connectivity index (χ0v) is 34.2. The van der Waals surface area contributed by atoms with Gasteiger partial charge in [-0.3, -0.25) is 28.6 Å². The van der Waals surface area contributed by atoms with Crippen LogP contribution in [-0.4, -0.2) is 83.9 Å². The molecular weight excluding hydrogens is 715 g/mol. The normalized spacial score (nSPS) is 18.8. The molecule has 12 heteroatoms. The minimum Gasteiger partial charge on any atom is -0.465 e. The molecule has 1 aromatic heterocycles. The van der Waals surface area contributed by atoms with Gasteiger partial charge in [0.25, 0.3) is 5.56 Å². The van der Waals surface area contributed by atoms with Gasteiger partial charge in [0, 0.05) is 51.7 Å². The maximum Gasteiger partial charge on any atom is 0.330 e. The summed E-state index contributed by atoms with van der Waals surface area (Å²) in [5, 5.41) is 6.35. The van der Waals surface area contributed by atoms with Crippen molar-refractivity contribution in [1.29, 1.82) is 1.43 Å². The van der Waals surface area contributed by atoms with Crippen molar-refractivity contribution < 1.29 is 25.5 Å². The van der Waals surface area contributed by atoms with Gasteiger partial charge in [-0.25, -0.2) is 4.79 Å². The molecule has 1 fully saturated rings. The number of aromatic nitrogens is 2.